The van der Waals surface area contributed by atoms with Crippen molar-refractivity contribution in [2.24, 2.45) is 5.92 Å². The van der Waals surface area contributed by atoms with Gasteiger partial charge in [-0.2, -0.15) is 0 Å². The zero-order valence-electron chi connectivity index (χ0n) is 11.1. The summed E-state index contributed by atoms with van der Waals surface area (Å²) in [6.45, 7) is 2.79. The molecule has 0 aromatic heterocycles. The van der Waals surface area contributed by atoms with Crippen molar-refractivity contribution in [1.29, 1.82) is 0 Å². The number of aliphatic hydroxyl groups excluding tert-OH is 1. The summed E-state index contributed by atoms with van der Waals surface area (Å²) in [5.74, 6) is 1.71. The normalized spacial score (nSPS) is 24.9. The van der Waals surface area contributed by atoms with Gasteiger partial charge >= 0.3 is 0 Å². The zero-order chi connectivity index (χ0) is 13.1. The summed E-state index contributed by atoms with van der Waals surface area (Å²) in [5, 5.41) is 10.5. The highest BCUT2D eigenvalue weighted by atomic mass is 16.5. The molecule has 1 fully saturated rings. The number of hydrogen-bond acceptors (Lipinski definition) is 4. The van der Waals surface area contributed by atoms with Crippen molar-refractivity contribution < 1.29 is 19.3 Å². The van der Waals surface area contributed by atoms with E-state index in [1.54, 1.807) is 26.4 Å². The van der Waals surface area contributed by atoms with Gasteiger partial charge in [0, 0.05) is 12.2 Å². The topological polar surface area (TPSA) is 47.9 Å². The second-order valence-corrected chi connectivity index (χ2v) is 4.65. The fourth-order valence-electron chi connectivity index (χ4n) is 2.37. The molecule has 1 aromatic carbocycles. The van der Waals surface area contributed by atoms with E-state index in [0.717, 1.165) is 12.0 Å². The number of rotatable bonds is 4. The first-order chi connectivity index (χ1) is 8.67. The van der Waals surface area contributed by atoms with Gasteiger partial charge in [0.05, 0.1) is 20.3 Å². The standard InChI is InChI=1S/C14H20O4/c1-9-6-7-18-14(9)13(15)11-8-10(16-2)4-5-12(11)17-3/h4-5,8-9,13-15H,6-7H2,1-3H3. The molecular weight excluding hydrogens is 232 g/mol. The highest BCUT2D eigenvalue weighted by Crippen LogP contribution is 2.36. The van der Waals surface area contributed by atoms with E-state index in [0.29, 0.717) is 24.0 Å². The van der Waals surface area contributed by atoms with Crippen molar-refractivity contribution in [3.05, 3.63) is 23.8 Å². The maximum atomic E-state index is 10.5. The molecular formula is C14H20O4. The van der Waals surface area contributed by atoms with E-state index in [-0.39, 0.29) is 6.10 Å². The lowest BCUT2D eigenvalue weighted by Crippen LogP contribution is -2.23. The summed E-state index contributed by atoms with van der Waals surface area (Å²) >= 11 is 0. The Hall–Kier alpha value is -1.26. The predicted octanol–water partition coefficient (Wildman–Crippen LogP) is 2.16. The minimum atomic E-state index is -0.687. The third kappa shape index (κ3) is 2.44. The molecule has 100 valence electrons. The first-order valence-corrected chi connectivity index (χ1v) is 6.19. The SMILES string of the molecule is COc1ccc(OC)c(C(O)C2OCCC2C)c1. The van der Waals surface area contributed by atoms with Gasteiger partial charge in [0.25, 0.3) is 0 Å². The van der Waals surface area contributed by atoms with Crippen molar-refractivity contribution in [3.8, 4) is 11.5 Å². The Morgan fingerprint density at radius 3 is 2.67 bits per heavy atom. The largest absolute Gasteiger partial charge is 0.497 e. The van der Waals surface area contributed by atoms with E-state index in [1.165, 1.54) is 0 Å². The molecule has 2 rings (SSSR count). The minimum Gasteiger partial charge on any atom is -0.497 e. The van der Waals surface area contributed by atoms with Crippen LogP contribution < -0.4 is 9.47 Å². The molecule has 0 radical (unpaired) electrons. The smallest absolute Gasteiger partial charge is 0.125 e. The first-order valence-electron chi connectivity index (χ1n) is 6.19. The molecule has 1 N–H and O–H groups in total. The Bertz CT molecular complexity index is 405. The molecule has 0 spiro atoms. The summed E-state index contributed by atoms with van der Waals surface area (Å²) in [4.78, 5) is 0. The molecule has 4 heteroatoms. The number of ether oxygens (including phenoxy) is 3. The third-order valence-electron chi connectivity index (χ3n) is 3.51. The molecule has 1 heterocycles. The van der Waals surface area contributed by atoms with E-state index in [2.05, 4.69) is 6.92 Å². The average Bonchev–Trinajstić information content (AvgIpc) is 2.83. The van der Waals surface area contributed by atoms with Crippen LogP contribution in [0.25, 0.3) is 0 Å². The molecule has 0 amide bonds. The van der Waals surface area contributed by atoms with Crippen LogP contribution in [0.15, 0.2) is 18.2 Å². The molecule has 1 aliphatic heterocycles. The summed E-state index contributed by atoms with van der Waals surface area (Å²) < 4.78 is 16.1. The van der Waals surface area contributed by atoms with Gasteiger partial charge in [-0.15, -0.1) is 0 Å². The molecule has 0 bridgehead atoms. The monoisotopic (exact) mass is 252 g/mol. The second kappa shape index (κ2) is 5.59. The van der Waals surface area contributed by atoms with Crippen molar-refractivity contribution >= 4 is 0 Å². The van der Waals surface area contributed by atoms with Crippen LogP contribution in [0.2, 0.25) is 0 Å². The zero-order valence-corrected chi connectivity index (χ0v) is 11.1. The van der Waals surface area contributed by atoms with Gasteiger partial charge in [-0.3, -0.25) is 0 Å². The summed E-state index contributed by atoms with van der Waals surface area (Å²) in [6, 6.07) is 5.42. The van der Waals surface area contributed by atoms with E-state index in [4.69, 9.17) is 14.2 Å². The quantitative estimate of drug-likeness (QED) is 0.892. The molecule has 0 aliphatic carbocycles. The van der Waals surface area contributed by atoms with Gasteiger partial charge in [0.15, 0.2) is 0 Å². The molecule has 3 unspecified atom stereocenters. The third-order valence-corrected chi connectivity index (χ3v) is 3.51. The number of methoxy groups -OCH3 is 2. The molecule has 1 saturated heterocycles. The number of aliphatic hydroxyl groups is 1. The fourth-order valence-corrected chi connectivity index (χ4v) is 2.37. The molecule has 0 saturated carbocycles. The molecule has 1 aromatic rings. The van der Waals surface area contributed by atoms with Crippen molar-refractivity contribution in [1.82, 2.24) is 0 Å². The van der Waals surface area contributed by atoms with Crippen LogP contribution in [0.3, 0.4) is 0 Å². The predicted molar refractivity (Wildman–Crippen MR) is 68.0 cm³/mol. The average molecular weight is 252 g/mol. The van der Waals surface area contributed by atoms with Crippen LogP contribution >= 0.6 is 0 Å². The summed E-state index contributed by atoms with van der Waals surface area (Å²) in [6.07, 6.45) is 0.118. The second-order valence-electron chi connectivity index (χ2n) is 4.65. The van der Waals surface area contributed by atoms with Crippen molar-refractivity contribution in [3.63, 3.8) is 0 Å². The Morgan fingerprint density at radius 1 is 1.33 bits per heavy atom. The Morgan fingerprint density at radius 2 is 2.11 bits per heavy atom. The lowest BCUT2D eigenvalue weighted by Gasteiger charge is -2.23. The lowest BCUT2D eigenvalue weighted by atomic mass is 9.94. The van der Waals surface area contributed by atoms with Crippen LogP contribution in [0.5, 0.6) is 11.5 Å². The lowest BCUT2D eigenvalue weighted by molar-refractivity contribution is -0.0188. The molecule has 1 aliphatic rings. The van der Waals surface area contributed by atoms with E-state index >= 15 is 0 Å². The van der Waals surface area contributed by atoms with Crippen LogP contribution in [0.4, 0.5) is 0 Å². The molecule has 3 atom stereocenters. The van der Waals surface area contributed by atoms with Gasteiger partial charge < -0.3 is 19.3 Å². The fraction of sp³-hybridized carbons (Fsp3) is 0.571. The van der Waals surface area contributed by atoms with Gasteiger partial charge in [-0.05, 0) is 30.5 Å². The van der Waals surface area contributed by atoms with Crippen LogP contribution in [-0.2, 0) is 4.74 Å². The van der Waals surface area contributed by atoms with E-state index < -0.39 is 6.10 Å². The summed E-state index contributed by atoms with van der Waals surface area (Å²) in [7, 11) is 3.20. The Balaban J connectivity index is 2.29. The first kappa shape index (κ1) is 13.2. The van der Waals surface area contributed by atoms with Crippen LogP contribution in [0.1, 0.15) is 25.0 Å². The van der Waals surface area contributed by atoms with Crippen molar-refractivity contribution in [2.45, 2.75) is 25.6 Å². The highest BCUT2D eigenvalue weighted by molar-refractivity contribution is 5.42. The van der Waals surface area contributed by atoms with Gasteiger partial charge in [-0.25, -0.2) is 0 Å². The van der Waals surface area contributed by atoms with Crippen LogP contribution in [0, 0.1) is 5.92 Å². The number of benzene rings is 1. The van der Waals surface area contributed by atoms with Crippen molar-refractivity contribution in [2.75, 3.05) is 20.8 Å². The summed E-state index contributed by atoms with van der Waals surface area (Å²) in [5.41, 5.74) is 0.718. The number of hydrogen-bond donors (Lipinski definition) is 1. The van der Waals surface area contributed by atoms with E-state index in [1.807, 2.05) is 6.07 Å². The molecule has 4 nitrogen and oxygen atoms in total. The van der Waals surface area contributed by atoms with Gasteiger partial charge in [0.1, 0.15) is 17.6 Å². The van der Waals surface area contributed by atoms with E-state index in [9.17, 15) is 5.11 Å². The molecule has 18 heavy (non-hydrogen) atoms. The van der Waals surface area contributed by atoms with Crippen LogP contribution in [-0.4, -0.2) is 32.0 Å². The minimum absolute atomic E-state index is 0.175. The maximum absolute atomic E-state index is 10.5. The highest BCUT2D eigenvalue weighted by Gasteiger charge is 2.33. The Labute approximate surface area is 107 Å². The van der Waals surface area contributed by atoms with Gasteiger partial charge in [-0.1, -0.05) is 6.92 Å². The maximum Gasteiger partial charge on any atom is 0.125 e. The van der Waals surface area contributed by atoms with Gasteiger partial charge in [0.2, 0.25) is 0 Å². The Kier molecular flexibility index (Phi) is 4.09.